The van der Waals surface area contributed by atoms with Crippen LogP contribution in [0, 0.1) is 5.41 Å². The highest BCUT2D eigenvalue weighted by Gasteiger charge is 2.44. The highest BCUT2D eigenvalue weighted by Crippen LogP contribution is 2.35. The Kier molecular flexibility index (Phi) is 8.55. The molecule has 1 fully saturated rings. The van der Waals surface area contributed by atoms with Gasteiger partial charge in [-0.1, -0.05) is 48.5 Å². The summed E-state index contributed by atoms with van der Waals surface area (Å²) in [4.78, 5) is 32.9. The maximum Gasteiger partial charge on any atom is 0.242 e. The molecule has 8 nitrogen and oxygen atoms in total. The summed E-state index contributed by atoms with van der Waals surface area (Å²) in [5, 5.41) is 6.25. The zero-order valence-electron chi connectivity index (χ0n) is 23.1. The number of likely N-dealkylation sites (tertiary alicyclic amines) is 1. The lowest BCUT2D eigenvalue weighted by atomic mass is 9.74. The van der Waals surface area contributed by atoms with Gasteiger partial charge in [-0.2, -0.15) is 0 Å². The molecule has 1 aliphatic rings. The number of rotatable bonds is 10. The Morgan fingerprint density at radius 3 is 2.55 bits per heavy atom. The molecule has 3 aromatic rings. The van der Waals surface area contributed by atoms with E-state index in [1.54, 1.807) is 5.01 Å². The summed E-state index contributed by atoms with van der Waals surface area (Å²) < 4.78 is 0. The van der Waals surface area contributed by atoms with Crippen molar-refractivity contribution in [3.05, 3.63) is 71.9 Å². The van der Waals surface area contributed by atoms with Crippen LogP contribution in [0.1, 0.15) is 37.8 Å². The van der Waals surface area contributed by atoms with Gasteiger partial charge >= 0.3 is 0 Å². The maximum atomic E-state index is 14.1. The molecule has 0 aliphatic carbocycles. The molecule has 0 bridgehead atoms. The number of H-pyrrole nitrogens is 1. The van der Waals surface area contributed by atoms with Crippen LogP contribution in [0.5, 0.6) is 0 Å². The highest BCUT2D eigenvalue weighted by molar-refractivity contribution is 5.88. The Balaban J connectivity index is 1.61. The van der Waals surface area contributed by atoms with Crippen molar-refractivity contribution in [2.45, 2.75) is 51.1 Å². The van der Waals surface area contributed by atoms with Crippen molar-refractivity contribution >= 4 is 22.7 Å². The first-order valence-electron chi connectivity index (χ1n) is 13.4. The summed E-state index contributed by atoms with van der Waals surface area (Å²) in [6.07, 6.45) is 4.59. The van der Waals surface area contributed by atoms with Crippen molar-refractivity contribution < 1.29 is 9.59 Å². The molecule has 2 atom stereocenters. The van der Waals surface area contributed by atoms with Gasteiger partial charge in [-0.15, -0.1) is 0 Å². The number of carbonyl (C=O) groups is 2. The number of carbonyl (C=O) groups excluding carboxylic acids is 2. The van der Waals surface area contributed by atoms with Crippen LogP contribution in [-0.2, 0) is 22.4 Å². The number of amides is 2. The van der Waals surface area contributed by atoms with E-state index in [1.807, 2.05) is 75.4 Å². The number of fused-ring (bicyclic) bond motifs is 1. The predicted molar refractivity (Wildman–Crippen MR) is 152 cm³/mol. The Bertz CT molecular complexity index is 1230. The minimum atomic E-state index is -0.710. The van der Waals surface area contributed by atoms with Crippen LogP contribution in [0.2, 0.25) is 0 Å². The molecule has 8 heteroatoms. The van der Waals surface area contributed by atoms with Crippen molar-refractivity contribution in [3.8, 4) is 0 Å². The number of aromatic amines is 1. The topological polar surface area (TPSA) is 106 Å². The third-order valence-corrected chi connectivity index (χ3v) is 7.28. The Morgan fingerprint density at radius 2 is 1.84 bits per heavy atom. The number of hydrogen-bond acceptors (Lipinski definition) is 5. The number of nitrogens with two attached hydrogens (primary N) is 1. The Morgan fingerprint density at radius 1 is 1.13 bits per heavy atom. The fourth-order valence-corrected chi connectivity index (χ4v) is 5.41. The summed E-state index contributed by atoms with van der Waals surface area (Å²) in [5.74, 6) is -0.0394. The van der Waals surface area contributed by atoms with Crippen LogP contribution in [0.15, 0.2) is 60.8 Å². The third-order valence-electron chi connectivity index (χ3n) is 7.28. The van der Waals surface area contributed by atoms with Gasteiger partial charge in [0, 0.05) is 56.4 Å². The van der Waals surface area contributed by atoms with Gasteiger partial charge in [0.25, 0.3) is 0 Å². The molecule has 5 N–H and O–H groups in total. The first-order chi connectivity index (χ1) is 18.1. The fraction of sp³-hybridized carbons (Fsp3) is 0.467. The van der Waals surface area contributed by atoms with Gasteiger partial charge in [-0.25, -0.2) is 5.01 Å². The number of piperidine rings is 1. The van der Waals surface area contributed by atoms with E-state index in [4.69, 9.17) is 5.73 Å². The van der Waals surface area contributed by atoms with Gasteiger partial charge < -0.3 is 20.9 Å². The number of nitrogens with one attached hydrogen (secondary N) is 3. The second-order valence-electron chi connectivity index (χ2n) is 11.6. The summed E-state index contributed by atoms with van der Waals surface area (Å²) in [6, 6.07) is 17.7. The average Bonchev–Trinajstić information content (AvgIpc) is 3.28. The molecule has 0 radical (unpaired) electrons. The van der Waals surface area contributed by atoms with Gasteiger partial charge in [-0.05, 0) is 56.7 Å². The predicted octanol–water partition coefficient (Wildman–Crippen LogP) is 2.85. The fourth-order valence-electron chi connectivity index (χ4n) is 5.41. The minimum Gasteiger partial charge on any atom is -0.361 e. The van der Waals surface area contributed by atoms with E-state index in [9.17, 15) is 9.59 Å². The molecule has 1 saturated heterocycles. The third kappa shape index (κ3) is 6.81. The zero-order valence-corrected chi connectivity index (χ0v) is 23.1. The molecule has 0 saturated carbocycles. The summed E-state index contributed by atoms with van der Waals surface area (Å²) >= 11 is 0. The van der Waals surface area contributed by atoms with Gasteiger partial charge in [0.2, 0.25) is 11.8 Å². The number of hydrazine groups is 1. The van der Waals surface area contributed by atoms with E-state index in [2.05, 4.69) is 33.9 Å². The van der Waals surface area contributed by atoms with Crippen LogP contribution in [0.4, 0.5) is 0 Å². The summed E-state index contributed by atoms with van der Waals surface area (Å²) in [5.41, 5.74) is 11.3. The van der Waals surface area contributed by atoms with Crippen molar-refractivity contribution in [2.75, 3.05) is 33.7 Å². The second kappa shape index (κ2) is 11.7. The van der Waals surface area contributed by atoms with E-state index in [0.717, 1.165) is 34.9 Å². The van der Waals surface area contributed by atoms with Crippen LogP contribution >= 0.6 is 0 Å². The lowest BCUT2D eigenvalue weighted by molar-refractivity contribution is -0.145. The Labute approximate surface area is 225 Å². The molecule has 1 aliphatic heterocycles. The average molecular weight is 519 g/mol. The molecule has 2 heterocycles. The number of nitrogens with zero attached hydrogens (tertiary/aromatic N) is 2. The van der Waals surface area contributed by atoms with Gasteiger partial charge in [0.1, 0.15) is 0 Å². The molecular formula is C30H42N6O2. The molecule has 38 heavy (non-hydrogen) atoms. The van der Waals surface area contributed by atoms with Crippen LogP contribution < -0.4 is 16.5 Å². The SMILES string of the molecule is CN(C)NC(=O)C1(Cc2ccccc2)CCCN(C(=O)[C@@H](Cc2c[nH]c3ccccc23)NCC(C)(C)N)C1. The normalized spacial score (nSPS) is 19.1. The van der Waals surface area contributed by atoms with Gasteiger partial charge in [0.15, 0.2) is 0 Å². The first-order valence-corrected chi connectivity index (χ1v) is 13.4. The van der Waals surface area contributed by atoms with Crippen molar-refractivity contribution in [1.29, 1.82) is 0 Å². The summed E-state index contributed by atoms with van der Waals surface area (Å²) in [7, 11) is 3.63. The lowest BCUT2D eigenvalue weighted by Crippen LogP contribution is -2.60. The molecule has 2 amide bonds. The smallest absolute Gasteiger partial charge is 0.242 e. The lowest BCUT2D eigenvalue weighted by Gasteiger charge is -2.43. The van der Waals surface area contributed by atoms with E-state index >= 15 is 0 Å². The van der Waals surface area contributed by atoms with E-state index in [0.29, 0.717) is 32.5 Å². The molecular weight excluding hydrogens is 476 g/mol. The van der Waals surface area contributed by atoms with Crippen LogP contribution in [-0.4, -0.2) is 72.0 Å². The minimum absolute atomic E-state index is 0.00863. The summed E-state index contributed by atoms with van der Waals surface area (Å²) in [6.45, 7) is 5.40. The standard InChI is InChI=1S/C30H42N6O2/c1-29(2,31)20-33-26(17-23-19-32-25-14-9-8-13-24(23)25)27(37)36-16-10-15-30(21-36,28(38)34-35(3)4)18-22-11-6-5-7-12-22/h5-9,11-14,19,26,32-33H,10,15-18,20-21,31H2,1-4H3,(H,34,38)/t26-,30?/m1/s1. The second-order valence-corrected chi connectivity index (χ2v) is 11.6. The highest BCUT2D eigenvalue weighted by atomic mass is 16.2. The largest absolute Gasteiger partial charge is 0.361 e. The molecule has 1 aromatic heterocycles. The Hall–Kier alpha value is -3.20. The molecule has 1 unspecified atom stereocenters. The van der Waals surface area contributed by atoms with Gasteiger partial charge in [-0.3, -0.25) is 15.0 Å². The number of para-hydroxylation sites is 1. The number of benzene rings is 2. The maximum absolute atomic E-state index is 14.1. The van der Waals surface area contributed by atoms with Crippen molar-refractivity contribution in [1.82, 2.24) is 25.6 Å². The zero-order chi connectivity index (χ0) is 27.3. The monoisotopic (exact) mass is 518 g/mol. The molecule has 4 rings (SSSR count). The quantitative estimate of drug-likeness (QED) is 0.309. The van der Waals surface area contributed by atoms with Crippen LogP contribution in [0.25, 0.3) is 10.9 Å². The number of hydrogen-bond donors (Lipinski definition) is 4. The van der Waals surface area contributed by atoms with Gasteiger partial charge in [0.05, 0.1) is 11.5 Å². The molecule has 204 valence electrons. The van der Waals surface area contributed by atoms with E-state index < -0.39 is 17.0 Å². The molecule has 0 spiro atoms. The molecule has 2 aromatic carbocycles. The van der Waals surface area contributed by atoms with Crippen LogP contribution in [0.3, 0.4) is 0 Å². The first kappa shape index (κ1) is 27.8. The van der Waals surface area contributed by atoms with Crippen molar-refractivity contribution in [2.24, 2.45) is 11.1 Å². The van der Waals surface area contributed by atoms with E-state index in [1.165, 1.54) is 0 Å². The van der Waals surface area contributed by atoms with Crippen molar-refractivity contribution in [3.63, 3.8) is 0 Å². The van der Waals surface area contributed by atoms with E-state index in [-0.39, 0.29) is 11.8 Å². The number of aromatic nitrogens is 1.